The highest BCUT2D eigenvalue weighted by Gasteiger charge is 2.24. The lowest BCUT2D eigenvalue weighted by Gasteiger charge is -2.20. The number of fused-ring (bicyclic) bond motifs is 2. The summed E-state index contributed by atoms with van der Waals surface area (Å²) < 4.78 is 26.6. The van der Waals surface area contributed by atoms with Crippen LogP contribution >= 0.6 is 0 Å². The first-order chi connectivity index (χ1) is 16.6. The SMILES string of the molecule is CCOC(=O)c1c(CNC(=O)OC(C)(C)C)n(C)c2cc(-c3cccc4ccc(F)cc34)ccc12. The molecule has 4 rings (SSSR count). The van der Waals surface area contributed by atoms with Crippen molar-refractivity contribution in [2.75, 3.05) is 6.61 Å². The molecular weight excluding hydrogens is 447 g/mol. The predicted octanol–water partition coefficient (Wildman–Crippen LogP) is 6.34. The van der Waals surface area contributed by atoms with E-state index in [-0.39, 0.29) is 19.0 Å². The first-order valence-corrected chi connectivity index (χ1v) is 11.5. The normalized spacial score (nSPS) is 11.6. The average molecular weight is 477 g/mol. The molecule has 0 spiro atoms. The zero-order valence-electron chi connectivity index (χ0n) is 20.6. The molecule has 1 aromatic heterocycles. The van der Waals surface area contributed by atoms with E-state index in [1.54, 1.807) is 33.8 Å². The highest BCUT2D eigenvalue weighted by atomic mass is 19.1. The van der Waals surface area contributed by atoms with Crippen LogP contribution < -0.4 is 5.32 Å². The molecular formula is C28H29FN2O4. The zero-order chi connectivity index (χ0) is 25.3. The fourth-order valence-corrected chi connectivity index (χ4v) is 4.26. The number of amides is 1. The summed E-state index contributed by atoms with van der Waals surface area (Å²) in [6, 6.07) is 16.3. The summed E-state index contributed by atoms with van der Waals surface area (Å²) in [5, 5.41) is 5.19. The highest BCUT2D eigenvalue weighted by molar-refractivity contribution is 6.07. The summed E-state index contributed by atoms with van der Waals surface area (Å²) in [6.45, 7) is 7.42. The molecule has 6 nitrogen and oxygen atoms in total. The Morgan fingerprint density at radius 2 is 1.80 bits per heavy atom. The lowest BCUT2D eigenvalue weighted by atomic mass is 9.97. The molecule has 3 aromatic carbocycles. The number of carbonyl (C=O) groups excluding carboxylic acids is 2. The molecule has 182 valence electrons. The van der Waals surface area contributed by atoms with Gasteiger partial charge in [0.2, 0.25) is 0 Å². The van der Waals surface area contributed by atoms with Gasteiger partial charge in [-0.3, -0.25) is 0 Å². The van der Waals surface area contributed by atoms with E-state index in [9.17, 15) is 14.0 Å². The van der Waals surface area contributed by atoms with Gasteiger partial charge in [-0.05, 0) is 67.8 Å². The minimum Gasteiger partial charge on any atom is -0.462 e. The van der Waals surface area contributed by atoms with Gasteiger partial charge in [-0.15, -0.1) is 0 Å². The summed E-state index contributed by atoms with van der Waals surface area (Å²) >= 11 is 0. The summed E-state index contributed by atoms with van der Waals surface area (Å²) in [7, 11) is 1.84. The molecule has 0 bridgehead atoms. The summed E-state index contributed by atoms with van der Waals surface area (Å²) in [5.41, 5.74) is 2.92. The zero-order valence-corrected chi connectivity index (χ0v) is 20.6. The van der Waals surface area contributed by atoms with Crippen LogP contribution in [0.25, 0.3) is 32.8 Å². The number of nitrogens with one attached hydrogen (secondary N) is 1. The van der Waals surface area contributed by atoms with E-state index >= 15 is 0 Å². The number of benzene rings is 3. The highest BCUT2D eigenvalue weighted by Crippen LogP contribution is 2.34. The quantitative estimate of drug-likeness (QED) is 0.341. The van der Waals surface area contributed by atoms with E-state index < -0.39 is 17.7 Å². The number of aromatic nitrogens is 1. The third-order valence-corrected chi connectivity index (χ3v) is 5.76. The molecule has 4 aromatic rings. The monoisotopic (exact) mass is 476 g/mol. The molecule has 0 saturated heterocycles. The maximum atomic E-state index is 14.0. The molecule has 0 aliphatic carbocycles. The van der Waals surface area contributed by atoms with Crippen LogP contribution in [0.2, 0.25) is 0 Å². The Hall–Kier alpha value is -3.87. The van der Waals surface area contributed by atoms with Crippen LogP contribution in [0.4, 0.5) is 9.18 Å². The Morgan fingerprint density at radius 3 is 2.51 bits per heavy atom. The van der Waals surface area contributed by atoms with E-state index in [1.807, 2.05) is 48.0 Å². The molecule has 0 radical (unpaired) electrons. The number of nitrogens with zero attached hydrogens (tertiary/aromatic N) is 1. The van der Waals surface area contributed by atoms with Crippen molar-refractivity contribution in [3.05, 3.63) is 71.7 Å². The number of aryl methyl sites for hydroxylation is 1. The number of rotatable bonds is 5. The van der Waals surface area contributed by atoms with Gasteiger partial charge in [0.25, 0.3) is 0 Å². The molecule has 1 amide bonds. The van der Waals surface area contributed by atoms with Crippen molar-refractivity contribution in [1.29, 1.82) is 0 Å². The fraction of sp³-hybridized carbons (Fsp3) is 0.286. The van der Waals surface area contributed by atoms with E-state index in [0.717, 1.165) is 27.4 Å². The number of halogens is 1. The van der Waals surface area contributed by atoms with Crippen molar-refractivity contribution in [2.24, 2.45) is 7.05 Å². The Balaban J connectivity index is 1.81. The lowest BCUT2D eigenvalue weighted by molar-refractivity contribution is 0.0502. The number of alkyl carbamates (subject to hydrolysis) is 1. The van der Waals surface area contributed by atoms with Gasteiger partial charge in [-0.2, -0.15) is 0 Å². The largest absolute Gasteiger partial charge is 0.462 e. The number of hydrogen-bond acceptors (Lipinski definition) is 4. The molecule has 35 heavy (non-hydrogen) atoms. The van der Waals surface area contributed by atoms with Crippen LogP contribution in [-0.4, -0.2) is 28.8 Å². The topological polar surface area (TPSA) is 69.6 Å². The Kier molecular flexibility index (Phi) is 6.52. The van der Waals surface area contributed by atoms with Crippen molar-refractivity contribution >= 4 is 33.7 Å². The third-order valence-electron chi connectivity index (χ3n) is 5.76. The molecule has 0 aliphatic heterocycles. The Bertz CT molecular complexity index is 1430. The van der Waals surface area contributed by atoms with E-state index in [0.29, 0.717) is 16.6 Å². The van der Waals surface area contributed by atoms with Crippen LogP contribution in [0.15, 0.2) is 54.6 Å². The van der Waals surface area contributed by atoms with Crippen LogP contribution in [0.3, 0.4) is 0 Å². The first-order valence-electron chi connectivity index (χ1n) is 11.5. The second-order valence-electron chi connectivity index (χ2n) is 9.36. The number of hydrogen-bond donors (Lipinski definition) is 1. The number of esters is 1. The number of carbonyl (C=O) groups is 2. The van der Waals surface area contributed by atoms with Gasteiger partial charge in [-0.25, -0.2) is 14.0 Å². The first kappa shape index (κ1) is 24.3. The van der Waals surface area contributed by atoms with Gasteiger partial charge in [0.05, 0.1) is 24.4 Å². The second-order valence-corrected chi connectivity index (χ2v) is 9.36. The second kappa shape index (κ2) is 9.41. The molecule has 7 heteroatoms. The Morgan fingerprint density at radius 1 is 1.03 bits per heavy atom. The molecule has 0 fully saturated rings. The Labute approximate surface area is 203 Å². The molecule has 1 N–H and O–H groups in total. The van der Waals surface area contributed by atoms with Crippen molar-refractivity contribution in [2.45, 2.75) is 39.8 Å². The predicted molar refractivity (Wildman–Crippen MR) is 135 cm³/mol. The molecule has 0 unspecified atom stereocenters. The van der Waals surface area contributed by atoms with E-state index in [1.165, 1.54) is 12.1 Å². The van der Waals surface area contributed by atoms with Gasteiger partial charge in [-0.1, -0.05) is 36.4 Å². The van der Waals surface area contributed by atoms with Gasteiger partial charge in [0.15, 0.2) is 0 Å². The smallest absolute Gasteiger partial charge is 0.407 e. The van der Waals surface area contributed by atoms with Crippen LogP contribution in [0.5, 0.6) is 0 Å². The number of ether oxygens (including phenoxy) is 2. The van der Waals surface area contributed by atoms with Gasteiger partial charge < -0.3 is 19.4 Å². The summed E-state index contributed by atoms with van der Waals surface area (Å²) in [5.74, 6) is -0.760. The minimum absolute atomic E-state index is 0.0864. The van der Waals surface area contributed by atoms with Gasteiger partial charge >= 0.3 is 12.1 Å². The summed E-state index contributed by atoms with van der Waals surface area (Å²) in [6.07, 6.45) is -0.573. The van der Waals surface area contributed by atoms with Crippen LogP contribution in [0, 0.1) is 5.82 Å². The maximum absolute atomic E-state index is 14.0. The van der Waals surface area contributed by atoms with Crippen molar-refractivity contribution in [1.82, 2.24) is 9.88 Å². The van der Waals surface area contributed by atoms with E-state index in [4.69, 9.17) is 9.47 Å². The maximum Gasteiger partial charge on any atom is 0.407 e. The summed E-state index contributed by atoms with van der Waals surface area (Å²) in [4.78, 5) is 25.2. The van der Waals surface area contributed by atoms with Crippen LogP contribution in [0.1, 0.15) is 43.7 Å². The third kappa shape index (κ3) is 4.99. The van der Waals surface area contributed by atoms with Crippen LogP contribution in [-0.2, 0) is 23.1 Å². The molecule has 0 aliphatic rings. The average Bonchev–Trinajstić information content (AvgIpc) is 3.07. The van der Waals surface area contributed by atoms with Crippen molar-refractivity contribution in [3.63, 3.8) is 0 Å². The molecule has 0 saturated carbocycles. The van der Waals surface area contributed by atoms with Gasteiger partial charge in [0.1, 0.15) is 11.4 Å². The van der Waals surface area contributed by atoms with Gasteiger partial charge in [0, 0.05) is 18.0 Å². The van der Waals surface area contributed by atoms with E-state index in [2.05, 4.69) is 5.32 Å². The standard InChI is InChI=1S/C28H29FN2O4/c1-6-34-26(32)25-21-13-11-18(20-9-7-8-17-10-12-19(29)15-22(17)20)14-23(21)31(5)24(25)16-30-27(33)35-28(2,3)4/h7-15H,6,16H2,1-5H3,(H,30,33). The molecule has 0 atom stereocenters. The lowest BCUT2D eigenvalue weighted by Crippen LogP contribution is -2.33. The van der Waals surface area contributed by atoms with Crippen molar-refractivity contribution in [3.8, 4) is 11.1 Å². The minimum atomic E-state index is -0.639. The van der Waals surface area contributed by atoms with Crippen molar-refractivity contribution < 1.29 is 23.5 Å². The molecule has 1 heterocycles. The fourth-order valence-electron chi connectivity index (χ4n) is 4.26.